The third kappa shape index (κ3) is 3.91. The van der Waals surface area contributed by atoms with Gasteiger partial charge in [0, 0.05) is 17.7 Å². The van der Waals surface area contributed by atoms with Crippen LogP contribution in [0.15, 0.2) is 65.9 Å². The van der Waals surface area contributed by atoms with Crippen LogP contribution in [-0.4, -0.2) is 18.6 Å². The summed E-state index contributed by atoms with van der Waals surface area (Å²) in [5.74, 6) is -1.08. The van der Waals surface area contributed by atoms with Crippen molar-refractivity contribution >= 4 is 12.0 Å². The van der Waals surface area contributed by atoms with E-state index in [1.54, 1.807) is 19.1 Å². The lowest BCUT2D eigenvalue weighted by atomic mass is 9.95. The molecule has 0 aromatic heterocycles. The highest BCUT2D eigenvalue weighted by Crippen LogP contribution is 2.29. The van der Waals surface area contributed by atoms with E-state index in [1.165, 1.54) is 12.1 Å². The van der Waals surface area contributed by atoms with Crippen LogP contribution >= 0.6 is 0 Å². The molecule has 1 aliphatic heterocycles. The van der Waals surface area contributed by atoms with Gasteiger partial charge in [0.2, 0.25) is 0 Å². The first kappa shape index (κ1) is 17.7. The summed E-state index contributed by atoms with van der Waals surface area (Å²) in [6, 6.07) is 14.3. The minimum atomic E-state index is -0.894. The van der Waals surface area contributed by atoms with Gasteiger partial charge in [0.15, 0.2) is 0 Å². The van der Waals surface area contributed by atoms with Crippen LogP contribution in [0.3, 0.4) is 0 Å². The van der Waals surface area contributed by atoms with E-state index in [-0.39, 0.29) is 17.7 Å². The summed E-state index contributed by atoms with van der Waals surface area (Å²) in [6.45, 7) is 1.79. The molecular weight excluding hydrogens is 335 g/mol. The van der Waals surface area contributed by atoms with E-state index in [0.29, 0.717) is 12.1 Å². The zero-order valence-corrected chi connectivity index (χ0v) is 14.3. The molecule has 3 rings (SSSR count). The molecule has 0 radical (unpaired) electrons. The summed E-state index contributed by atoms with van der Waals surface area (Å²) >= 11 is 0. The van der Waals surface area contributed by atoms with E-state index in [9.17, 15) is 14.0 Å². The molecule has 0 fully saturated rings. The maximum Gasteiger partial charge on any atom is 0.338 e. The molecule has 2 N–H and O–H groups in total. The number of benzene rings is 2. The van der Waals surface area contributed by atoms with Crippen molar-refractivity contribution in [2.45, 2.75) is 19.4 Å². The molecule has 2 aromatic carbocycles. The standard InChI is InChI=1S/C20H19FN2O3/c1-13-17(19(24)26-12-11-14-7-3-2-4-8-14)18(23-20(25)22-13)15-9-5-6-10-16(15)21/h2-10,18H,11-12H2,1H3,(H2,22,23,25). The molecule has 1 unspecified atom stereocenters. The van der Waals surface area contributed by atoms with E-state index in [2.05, 4.69) is 10.6 Å². The minimum Gasteiger partial charge on any atom is -0.462 e. The monoisotopic (exact) mass is 354 g/mol. The number of rotatable bonds is 5. The summed E-state index contributed by atoms with van der Waals surface area (Å²) in [5, 5.41) is 5.14. The molecule has 1 atom stereocenters. The first-order valence-electron chi connectivity index (χ1n) is 8.30. The van der Waals surface area contributed by atoms with Crippen LogP contribution in [-0.2, 0) is 16.0 Å². The van der Waals surface area contributed by atoms with Gasteiger partial charge < -0.3 is 15.4 Å². The van der Waals surface area contributed by atoms with Crippen LogP contribution in [0.2, 0.25) is 0 Å². The molecule has 0 aliphatic carbocycles. The van der Waals surface area contributed by atoms with Gasteiger partial charge in [-0.05, 0) is 18.6 Å². The summed E-state index contributed by atoms with van der Waals surface area (Å²) in [5.41, 5.74) is 1.82. The van der Waals surface area contributed by atoms with Crippen LogP contribution in [0.1, 0.15) is 24.1 Å². The largest absolute Gasteiger partial charge is 0.462 e. The highest BCUT2D eigenvalue weighted by molar-refractivity contribution is 5.95. The Bertz CT molecular complexity index is 849. The van der Waals surface area contributed by atoms with Crippen LogP contribution in [0, 0.1) is 5.82 Å². The van der Waals surface area contributed by atoms with Gasteiger partial charge in [0.25, 0.3) is 0 Å². The molecule has 26 heavy (non-hydrogen) atoms. The first-order chi connectivity index (χ1) is 12.6. The fraction of sp³-hybridized carbons (Fsp3) is 0.200. The summed E-state index contributed by atoms with van der Waals surface area (Å²) in [6.07, 6.45) is 0.572. The first-order valence-corrected chi connectivity index (χ1v) is 8.30. The Kier molecular flexibility index (Phi) is 5.31. The molecule has 1 aliphatic rings. The molecule has 134 valence electrons. The van der Waals surface area contributed by atoms with Gasteiger partial charge in [-0.25, -0.2) is 14.0 Å². The second-order valence-electron chi connectivity index (χ2n) is 5.96. The Labute approximate surface area is 150 Å². The highest BCUT2D eigenvalue weighted by atomic mass is 19.1. The molecule has 0 saturated carbocycles. The minimum absolute atomic E-state index is 0.192. The van der Waals surface area contributed by atoms with E-state index >= 15 is 0 Å². The number of ether oxygens (including phenoxy) is 1. The molecule has 0 bridgehead atoms. The van der Waals surface area contributed by atoms with Crippen LogP contribution in [0.5, 0.6) is 0 Å². The molecule has 1 heterocycles. The van der Waals surface area contributed by atoms with Gasteiger partial charge in [-0.2, -0.15) is 0 Å². The van der Waals surface area contributed by atoms with Crippen molar-refractivity contribution in [1.82, 2.24) is 10.6 Å². The predicted molar refractivity (Wildman–Crippen MR) is 94.6 cm³/mol. The smallest absolute Gasteiger partial charge is 0.338 e. The van der Waals surface area contributed by atoms with E-state index in [1.807, 2.05) is 30.3 Å². The Hall–Kier alpha value is -3.15. The van der Waals surface area contributed by atoms with Gasteiger partial charge in [0.1, 0.15) is 5.82 Å². The maximum absolute atomic E-state index is 14.2. The molecule has 2 amide bonds. The average Bonchev–Trinajstić information content (AvgIpc) is 2.62. The lowest BCUT2D eigenvalue weighted by Crippen LogP contribution is -2.45. The number of urea groups is 1. The number of allylic oxidation sites excluding steroid dienone is 1. The zero-order valence-electron chi connectivity index (χ0n) is 14.3. The Balaban J connectivity index is 1.78. The third-order valence-electron chi connectivity index (χ3n) is 4.17. The van der Waals surface area contributed by atoms with Crippen molar-refractivity contribution in [1.29, 1.82) is 0 Å². The molecular formula is C20H19FN2O3. The van der Waals surface area contributed by atoms with Crippen LogP contribution in [0.4, 0.5) is 9.18 Å². The maximum atomic E-state index is 14.2. The van der Waals surface area contributed by atoms with Crippen LogP contribution < -0.4 is 10.6 Å². The Morgan fingerprint density at radius 1 is 1.12 bits per heavy atom. The lowest BCUT2D eigenvalue weighted by Gasteiger charge is -2.28. The number of esters is 1. The van der Waals surface area contributed by atoms with Crippen molar-refractivity contribution in [3.05, 3.63) is 82.8 Å². The van der Waals surface area contributed by atoms with Crippen molar-refractivity contribution < 1.29 is 18.7 Å². The fourth-order valence-electron chi connectivity index (χ4n) is 2.89. The second-order valence-corrected chi connectivity index (χ2v) is 5.96. The third-order valence-corrected chi connectivity index (χ3v) is 4.17. The fourth-order valence-corrected chi connectivity index (χ4v) is 2.89. The average molecular weight is 354 g/mol. The van der Waals surface area contributed by atoms with Crippen molar-refractivity contribution in [2.75, 3.05) is 6.61 Å². The van der Waals surface area contributed by atoms with Gasteiger partial charge in [-0.1, -0.05) is 48.5 Å². The number of amides is 2. The van der Waals surface area contributed by atoms with E-state index in [0.717, 1.165) is 5.56 Å². The number of hydrogen-bond donors (Lipinski definition) is 2. The van der Waals surface area contributed by atoms with Crippen molar-refractivity contribution in [2.24, 2.45) is 0 Å². The lowest BCUT2D eigenvalue weighted by molar-refractivity contribution is -0.139. The summed E-state index contributed by atoms with van der Waals surface area (Å²) < 4.78 is 19.6. The number of halogens is 1. The normalized spacial score (nSPS) is 16.7. The Morgan fingerprint density at radius 2 is 1.81 bits per heavy atom. The number of carbonyl (C=O) groups excluding carboxylic acids is 2. The zero-order chi connectivity index (χ0) is 18.5. The summed E-state index contributed by atoms with van der Waals surface area (Å²) in [7, 11) is 0. The molecule has 2 aromatic rings. The quantitative estimate of drug-likeness (QED) is 0.810. The van der Waals surface area contributed by atoms with E-state index < -0.39 is 23.9 Å². The topological polar surface area (TPSA) is 67.4 Å². The van der Waals surface area contributed by atoms with Crippen LogP contribution in [0.25, 0.3) is 0 Å². The van der Waals surface area contributed by atoms with Gasteiger partial charge in [-0.3, -0.25) is 0 Å². The molecule has 6 heteroatoms. The van der Waals surface area contributed by atoms with Gasteiger partial charge in [-0.15, -0.1) is 0 Å². The van der Waals surface area contributed by atoms with Crippen molar-refractivity contribution in [3.8, 4) is 0 Å². The number of carbonyl (C=O) groups is 2. The second kappa shape index (κ2) is 7.82. The van der Waals surface area contributed by atoms with Crippen molar-refractivity contribution in [3.63, 3.8) is 0 Å². The SMILES string of the molecule is CC1=C(C(=O)OCCc2ccccc2)C(c2ccccc2F)NC(=O)N1. The predicted octanol–water partition coefficient (Wildman–Crippen LogP) is 3.24. The summed E-state index contributed by atoms with van der Waals surface area (Å²) in [4.78, 5) is 24.4. The van der Waals surface area contributed by atoms with Gasteiger partial charge >= 0.3 is 12.0 Å². The molecule has 5 nitrogen and oxygen atoms in total. The van der Waals surface area contributed by atoms with Gasteiger partial charge in [0.05, 0.1) is 18.2 Å². The molecule has 0 spiro atoms. The highest BCUT2D eigenvalue weighted by Gasteiger charge is 2.33. The van der Waals surface area contributed by atoms with E-state index in [4.69, 9.17) is 4.74 Å². The Morgan fingerprint density at radius 3 is 2.54 bits per heavy atom. The molecule has 0 saturated heterocycles. The number of nitrogens with one attached hydrogen (secondary N) is 2. The number of hydrogen-bond acceptors (Lipinski definition) is 3.